The molecule has 1 aromatic heterocycles. The van der Waals surface area contributed by atoms with Crippen molar-refractivity contribution in [2.24, 2.45) is 4.99 Å². The van der Waals surface area contributed by atoms with Crippen molar-refractivity contribution in [3.63, 3.8) is 0 Å². The molecule has 3 rings (SSSR count). The van der Waals surface area contributed by atoms with Crippen LogP contribution in [0.1, 0.15) is 5.56 Å². The van der Waals surface area contributed by atoms with Gasteiger partial charge < -0.3 is 4.98 Å². The van der Waals surface area contributed by atoms with Gasteiger partial charge in [-0.15, -0.1) is 11.8 Å². The number of nitrogens with zero attached hydrogens (tertiary/aromatic N) is 1. The lowest BCUT2D eigenvalue weighted by Gasteiger charge is -2.09. The topological polar surface area (TPSA) is 28.1 Å². The second-order valence-electron chi connectivity index (χ2n) is 3.37. The molecule has 0 saturated carbocycles. The number of thioether (sulfide) groups is 2. The van der Waals surface area contributed by atoms with E-state index in [-0.39, 0.29) is 0 Å². The summed E-state index contributed by atoms with van der Waals surface area (Å²) in [5.41, 5.74) is 2.56. The van der Waals surface area contributed by atoms with E-state index in [0.717, 1.165) is 10.9 Å². The fourth-order valence-electron chi connectivity index (χ4n) is 1.79. The van der Waals surface area contributed by atoms with Crippen LogP contribution in [0.25, 0.3) is 10.9 Å². The van der Waals surface area contributed by atoms with E-state index in [0.29, 0.717) is 0 Å². The van der Waals surface area contributed by atoms with Crippen LogP contribution in [0, 0.1) is 0 Å². The van der Waals surface area contributed by atoms with Crippen molar-refractivity contribution in [3.8, 4) is 0 Å². The Balaban J connectivity index is 2.16. The minimum Gasteiger partial charge on any atom is -0.349 e. The van der Waals surface area contributed by atoms with Gasteiger partial charge in [0.05, 0.1) is 11.6 Å². The van der Waals surface area contributed by atoms with Crippen molar-refractivity contribution in [1.82, 2.24) is 4.98 Å². The Bertz CT molecular complexity index is 543. The summed E-state index contributed by atoms with van der Waals surface area (Å²) in [6, 6.07) is 8.41. The van der Waals surface area contributed by atoms with Crippen molar-refractivity contribution in [3.05, 3.63) is 29.8 Å². The fourth-order valence-corrected chi connectivity index (χ4v) is 3.33. The van der Waals surface area contributed by atoms with Gasteiger partial charge in [0.2, 0.25) is 0 Å². The number of aromatic amines is 1. The zero-order chi connectivity index (χ0) is 10.3. The van der Waals surface area contributed by atoms with Gasteiger partial charge in [0.25, 0.3) is 0 Å². The highest BCUT2D eigenvalue weighted by molar-refractivity contribution is 8.38. The monoisotopic (exact) mass is 234 g/mol. The summed E-state index contributed by atoms with van der Waals surface area (Å²) >= 11 is 3.45. The first-order valence-corrected chi connectivity index (χ1v) is 6.78. The molecule has 2 nitrogen and oxygen atoms in total. The highest BCUT2D eigenvalue weighted by atomic mass is 32.2. The van der Waals surface area contributed by atoms with Crippen LogP contribution in [0.4, 0.5) is 0 Å². The first-order valence-electron chi connectivity index (χ1n) is 4.74. The fraction of sp³-hybridized carbons (Fsp3) is 0.182. The second kappa shape index (κ2) is 3.61. The molecule has 0 amide bonds. The van der Waals surface area contributed by atoms with Crippen molar-refractivity contribution in [1.29, 1.82) is 0 Å². The molecule has 0 bridgehead atoms. The van der Waals surface area contributed by atoms with Crippen molar-refractivity contribution < 1.29 is 0 Å². The molecule has 0 unspecified atom stereocenters. The lowest BCUT2D eigenvalue weighted by atomic mass is 10.2. The van der Waals surface area contributed by atoms with Crippen molar-refractivity contribution >= 4 is 38.8 Å². The third-order valence-corrected chi connectivity index (χ3v) is 4.59. The normalized spacial score (nSPS) is 15.1. The van der Waals surface area contributed by atoms with Crippen LogP contribution in [0.2, 0.25) is 0 Å². The van der Waals surface area contributed by atoms with Gasteiger partial charge in [0, 0.05) is 16.5 Å². The van der Waals surface area contributed by atoms with Gasteiger partial charge in [-0.05, 0) is 24.1 Å². The average Bonchev–Trinajstić information content (AvgIpc) is 2.66. The van der Waals surface area contributed by atoms with Gasteiger partial charge in [-0.2, -0.15) is 0 Å². The summed E-state index contributed by atoms with van der Waals surface area (Å²) in [5.74, 6) is 0. The number of nitrogens with one attached hydrogen (secondary N) is 1. The van der Waals surface area contributed by atoms with E-state index in [4.69, 9.17) is 0 Å². The molecule has 76 valence electrons. The lowest BCUT2D eigenvalue weighted by Crippen LogP contribution is -1.96. The van der Waals surface area contributed by atoms with Crippen LogP contribution >= 0.6 is 23.5 Å². The molecule has 1 aromatic carbocycles. The molecule has 0 aliphatic carbocycles. The number of benzene rings is 1. The Kier molecular flexibility index (Phi) is 2.25. The molecule has 4 heteroatoms. The standard InChI is InChI=1S/C11H10N2S2/c1-14-11-12-6-8-7-4-2-3-5-9(7)13-10(8)15-11/h2-5,13H,6H2,1H3. The molecule has 0 radical (unpaired) electrons. The molecule has 0 fully saturated rings. The minimum absolute atomic E-state index is 0.808. The second-order valence-corrected chi connectivity index (χ2v) is 5.42. The number of para-hydroxylation sites is 1. The number of aliphatic imine (C=N–C) groups is 1. The molecule has 1 aliphatic rings. The third kappa shape index (κ3) is 1.48. The molecule has 0 atom stereocenters. The number of hydrogen-bond acceptors (Lipinski definition) is 3. The first-order chi connectivity index (χ1) is 7.38. The van der Waals surface area contributed by atoms with Gasteiger partial charge in [-0.1, -0.05) is 18.2 Å². The lowest BCUT2D eigenvalue weighted by molar-refractivity contribution is 1.02. The van der Waals surface area contributed by atoms with Crippen molar-refractivity contribution in [2.75, 3.05) is 6.26 Å². The quantitative estimate of drug-likeness (QED) is 0.755. The average molecular weight is 234 g/mol. The van der Waals surface area contributed by atoms with Crippen LogP contribution in [-0.4, -0.2) is 15.6 Å². The van der Waals surface area contributed by atoms with Crippen LogP contribution in [0.3, 0.4) is 0 Å². The van der Waals surface area contributed by atoms with Crippen LogP contribution in [-0.2, 0) is 6.54 Å². The van der Waals surface area contributed by atoms with Gasteiger partial charge >= 0.3 is 0 Å². The molecular weight excluding hydrogens is 224 g/mol. The Morgan fingerprint density at radius 1 is 1.40 bits per heavy atom. The number of H-pyrrole nitrogens is 1. The largest absolute Gasteiger partial charge is 0.349 e. The molecule has 2 aromatic rings. The van der Waals surface area contributed by atoms with Gasteiger partial charge in [0.1, 0.15) is 4.38 Å². The summed E-state index contributed by atoms with van der Waals surface area (Å²) < 4.78 is 1.15. The van der Waals surface area contributed by atoms with Crippen LogP contribution in [0.5, 0.6) is 0 Å². The van der Waals surface area contributed by atoms with Crippen molar-refractivity contribution in [2.45, 2.75) is 11.6 Å². The maximum atomic E-state index is 4.53. The van der Waals surface area contributed by atoms with Gasteiger partial charge in [-0.25, -0.2) is 0 Å². The Morgan fingerprint density at radius 3 is 3.13 bits per heavy atom. The predicted molar refractivity (Wildman–Crippen MR) is 68.8 cm³/mol. The number of hydrogen-bond donors (Lipinski definition) is 1. The molecular formula is C11H10N2S2. The molecule has 1 N–H and O–H groups in total. The van der Waals surface area contributed by atoms with Gasteiger partial charge in [-0.3, -0.25) is 4.99 Å². The van der Waals surface area contributed by atoms with Crippen LogP contribution < -0.4 is 0 Å². The summed E-state index contributed by atoms with van der Waals surface area (Å²) in [7, 11) is 0. The molecule has 0 spiro atoms. The molecule has 15 heavy (non-hydrogen) atoms. The number of aromatic nitrogens is 1. The van der Waals surface area contributed by atoms with E-state index >= 15 is 0 Å². The maximum absolute atomic E-state index is 4.53. The zero-order valence-corrected chi connectivity index (χ0v) is 9.91. The van der Waals surface area contributed by atoms with E-state index in [1.54, 1.807) is 23.5 Å². The number of fused-ring (bicyclic) bond motifs is 3. The smallest absolute Gasteiger partial charge is 0.130 e. The van der Waals surface area contributed by atoms with E-state index in [9.17, 15) is 0 Å². The van der Waals surface area contributed by atoms with Crippen LogP contribution in [0.15, 0.2) is 34.3 Å². The number of rotatable bonds is 0. The summed E-state index contributed by atoms with van der Waals surface area (Å²) in [6.45, 7) is 0.808. The van der Waals surface area contributed by atoms with Gasteiger partial charge in [0.15, 0.2) is 0 Å². The molecule has 0 saturated heterocycles. The highest BCUT2D eigenvalue weighted by Crippen LogP contribution is 2.36. The molecule has 2 heterocycles. The minimum atomic E-state index is 0.808. The van der Waals surface area contributed by atoms with E-state index in [1.165, 1.54) is 21.5 Å². The highest BCUT2D eigenvalue weighted by Gasteiger charge is 2.17. The first kappa shape index (κ1) is 9.36. The van der Waals surface area contributed by atoms with E-state index in [1.807, 2.05) is 0 Å². The maximum Gasteiger partial charge on any atom is 0.130 e. The zero-order valence-electron chi connectivity index (χ0n) is 8.28. The van der Waals surface area contributed by atoms with E-state index < -0.39 is 0 Å². The SMILES string of the molecule is CSC1=NCc2c([nH]c3ccccc23)S1. The predicted octanol–water partition coefficient (Wildman–Crippen LogP) is 3.49. The Morgan fingerprint density at radius 2 is 2.27 bits per heavy atom. The Labute approximate surface area is 96.6 Å². The summed E-state index contributed by atoms with van der Waals surface area (Å²) in [5, 5.41) is 2.57. The molecule has 1 aliphatic heterocycles. The summed E-state index contributed by atoms with van der Waals surface area (Å²) in [4.78, 5) is 7.98. The van der Waals surface area contributed by atoms with E-state index in [2.05, 4.69) is 40.5 Å². The Hall–Kier alpha value is -0.870. The third-order valence-electron chi connectivity index (χ3n) is 2.50. The summed E-state index contributed by atoms with van der Waals surface area (Å²) in [6.07, 6.45) is 2.07.